The molecule has 1 aliphatic heterocycles. The number of benzene rings is 1. The Morgan fingerprint density at radius 3 is 2.87 bits per heavy atom. The lowest BCUT2D eigenvalue weighted by molar-refractivity contribution is 0.0697. The number of carbonyl (C=O) groups is 1. The largest absolute Gasteiger partial charge is 0.333 e. The number of rotatable bonds is 4. The van der Waals surface area contributed by atoms with Crippen molar-refractivity contribution in [2.45, 2.75) is 31.7 Å². The van der Waals surface area contributed by atoms with Crippen molar-refractivity contribution in [1.29, 1.82) is 5.26 Å². The second-order valence-electron chi connectivity index (χ2n) is 7.95. The van der Waals surface area contributed by atoms with Crippen molar-refractivity contribution in [3.63, 3.8) is 0 Å². The summed E-state index contributed by atoms with van der Waals surface area (Å²) in [5, 5.41) is 23.9. The standard InChI is InChI=1S/C21H22N8O.ClH/c1-12-11-29(7-6-23-12)21(30)20-24-16-5-2-13(10-22)8-15(16)19(26-20)25-18-9-17(27-28-18)14-3-4-14;/h2,5,8-9,12,14,23H,3-4,6-7,11H2,1H3,(H2,24,25,26,27,28);1H/t12-;/m1./s1. The molecule has 1 amide bonds. The van der Waals surface area contributed by atoms with Gasteiger partial charge < -0.3 is 15.5 Å². The highest BCUT2D eigenvalue weighted by Gasteiger charge is 2.27. The van der Waals surface area contributed by atoms with E-state index >= 15 is 0 Å². The summed E-state index contributed by atoms with van der Waals surface area (Å²) >= 11 is 0. The van der Waals surface area contributed by atoms with Gasteiger partial charge in [-0.2, -0.15) is 10.4 Å². The van der Waals surface area contributed by atoms with E-state index in [-0.39, 0.29) is 30.2 Å². The molecule has 0 radical (unpaired) electrons. The van der Waals surface area contributed by atoms with Gasteiger partial charge in [0.15, 0.2) is 5.82 Å². The Morgan fingerprint density at radius 1 is 1.29 bits per heavy atom. The van der Waals surface area contributed by atoms with Gasteiger partial charge in [-0.25, -0.2) is 9.97 Å². The number of aromatic amines is 1. The van der Waals surface area contributed by atoms with E-state index in [1.165, 1.54) is 12.8 Å². The predicted molar refractivity (Wildman–Crippen MR) is 119 cm³/mol. The van der Waals surface area contributed by atoms with Crippen LogP contribution in [0, 0.1) is 11.3 Å². The average Bonchev–Trinajstić information content (AvgIpc) is 3.51. The summed E-state index contributed by atoms with van der Waals surface area (Å²) in [7, 11) is 0. The molecule has 0 bridgehead atoms. The van der Waals surface area contributed by atoms with Gasteiger partial charge in [0, 0.05) is 48.7 Å². The fourth-order valence-corrected chi connectivity index (χ4v) is 3.77. The van der Waals surface area contributed by atoms with Gasteiger partial charge in [-0.05, 0) is 38.0 Å². The van der Waals surface area contributed by atoms with Crippen LogP contribution in [0.4, 0.5) is 11.6 Å². The first-order valence-corrected chi connectivity index (χ1v) is 10.2. The van der Waals surface area contributed by atoms with Crippen molar-refractivity contribution in [2.24, 2.45) is 0 Å². The second kappa shape index (κ2) is 8.49. The van der Waals surface area contributed by atoms with E-state index in [9.17, 15) is 10.1 Å². The van der Waals surface area contributed by atoms with Gasteiger partial charge >= 0.3 is 0 Å². The Labute approximate surface area is 185 Å². The van der Waals surface area contributed by atoms with E-state index in [1.807, 2.05) is 13.0 Å². The summed E-state index contributed by atoms with van der Waals surface area (Å²) in [5.74, 6) is 1.60. The number of hydrogen-bond acceptors (Lipinski definition) is 7. The van der Waals surface area contributed by atoms with Crippen LogP contribution in [0.25, 0.3) is 10.9 Å². The highest BCUT2D eigenvalue weighted by atomic mass is 35.5. The van der Waals surface area contributed by atoms with Crippen molar-refractivity contribution < 1.29 is 4.79 Å². The molecule has 0 unspecified atom stereocenters. The molecule has 1 saturated heterocycles. The molecule has 2 fully saturated rings. The van der Waals surface area contributed by atoms with Gasteiger partial charge in [0.05, 0.1) is 17.1 Å². The molecule has 2 aliphatic rings. The predicted octanol–water partition coefficient (Wildman–Crippen LogP) is 2.70. The normalized spacial score (nSPS) is 18.3. The number of fused-ring (bicyclic) bond motifs is 1. The number of nitrogens with one attached hydrogen (secondary N) is 3. The number of amides is 1. The molecule has 5 rings (SSSR count). The minimum absolute atomic E-state index is 0. The van der Waals surface area contributed by atoms with Crippen LogP contribution in [-0.4, -0.2) is 56.6 Å². The summed E-state index contributed by atoms with van der Waals surface area (Å²) in [6, 6.07) is 9.51. The van der Waals surface area contributed by atoms with Crippen LogP contribution in [0.5, 0.6) is 0 Å². The molecule has 1 saturated carbocycles. The zero-order valence-electron chi connectivity index (χ0n) is 17.1. The number of halogens is 1. The number of aromatic nitrogens is 4. The Morgan fingerprint density at radius 2 is 2.13 bits per heavy atom. The van der Waals surface area contributed by atoms with Crippen molar-refractivity contribution in [3.8, 4) is 6.07 Å². The number of nitrogens with zero attached hydrogens (tertiary/aromatic N) is 5. The maximum atomic E-state index is 13.1. The van der Waals surface area contributed by atoms with E-state index in [1.54, 1.807) is 23.1 Å². The average molecular weight is 439 g/mol. The van der Waals surface area contributed by atoms with Crippen molar-refractivity contribution in [1.82, 2.24) is 30.4 Å². The number of piperazine rings is 1. The summed E-state index contributed by atoms with van der Waals surface area (Å²) in [6.07, 6.45) is 2.34. The van der Waals surface area contributed by atoms with Gasteiger partial charge in [-0.15, -0.1) is 12.4 Å². The van der Waals surface area contributed by atoms with Crippen LogP contribution in [0.3, 0.4) is 0 Å². The Bertz CT molecular complexity index is 1170. The molecule has 31 heavy (non-hydrogen) atoms. The molecule has 1 aliphatic carbocycles. The van der Waals surface area contributed by atoms with E-state index in [0.717, 1.165) is 12.2 Å². The second-order valence-corrected chi connectivity index (χ2v) is 7.95. The molecule has 0 spiro atoms. The zero-order valence-corrected chi connectivity index (χ0v) is 17.9. The first-order chi connectivity index (χ1) is 14.6. The lowest BCUT2D eigenvalue weighted by Crippen LogP contribution is -2.51. The maximum absolute atomic E-state index is 13.1. The molecular formula is C21H23ClN8O. The molecule has 3 aromatic rings. The third kappa shape index (κ3) is 4.31. The summed E-state index contributed by atoms with van der Waals surface area (Å²) in [4.78, 5) is 23.9. The molecule has 10 heteroatoms. The van der Waals surface area contributed by atoms with Crippen molar-refractivity contribution >= 4 is 40.9 Å². The van der Waals surface area contributed by atoms with Gasteiger partial charge in [0.25, 0.3) is 5.91 Å². The fraction of sp³-hybridized carbons (Fsp3) is 0.381. The molecule has 3 heterocycles. The minimum Gasteiger partial charge on any atom is -0.333 e. The molecule has 3 N–H and O–H groups in total. The Kier molecular flexibility index (Phi) is 5.76. The van der Waals surface area contributed by atoms with Crippen molar-refractivity contribution in [3.05, 3.63) is 41.3 Å². The maximum Gasteiger partial charge on any atom is 0.291 e. The molecule has 1 atom stereocenters. The lowest BCUT2D eigenvalue weighted by atomic mass is 10.1. The monoisotopic (exact) mass is 438 g/mol. The molecule has 1 aromatic carbocycles. The number of hydrogen-bond donors (Lipinski definition) is 3. The van der Waals surface area contributed by atoms with Crippen LogP contribution >= 0.6 is 12.4 Å². The van der Waals surface area contributed by atoms with Crippen LogP contribution in [0.1, 0.15) is 47.6 Å². The smallest absolute Gasteiger partial charge is 0.291 e. The summed E-state index contributed by atoms with van der Waals surface area (Å²) < 4.78 is 0. The zero-order chi connectivity index (χ0) is 20.7. The van der Waals surface area contributed by atoms with Crippen molar-refractivity contribution in [2.75, 3.05) is 25.0 Å². The quantitative estimate of drug-likeness (QED) is 0.572. The highest BCUT2D eigenvalue weighted by Crippen LogP contribution is 2.39. The number of anilines is 2. The first kappa shape index (κ1) is 21.0. The van der Waals surface area contributed by atoms with E-state index < -0.39 is 0 Å². The Hall–Kier alpha value is -3.22. The van der Waals surface area contributed by atoms with Gasteiger partial charge in [0.2, 0.25) is 5.82 Å². The lowest BCUT2D eigenvalue weighted by Gasteiger charge is -2.31. The molecule has 9 nitrogen and oxygen atoms in total. The number of carbonyl (C=O) groups excluding carboxylic acids is 1. The van der Waals surface area contributed by atoms with Gasteiger partial charge in [0.1, 0.15) is 5.82 Å². The third-order valence-corrected chi connectivity index (χ3v) is 5.53. The topological polar surface area (TPSA) is 123 Å². The fourth-order valence-electron chi connectivity index (χ4n) is 3.77. The minimum atomic E-state index is -0.196. The summed E-state index contributed by atoms with van der Waals surface area (Å²) in [5.41, 5.74) is 2.21. The van der Waals surface area contributed by atoms with Crippen LogP contribution in [0.15, 0.2) is 24.3 Å². The molecule has 160 valence electrons. The SMILES string of the molecule is C[C@@H]1CN(C(=O)c2nc(Nc3cc(C4CC4)[nH]n3)c3cc(C#N)ccc3n2)CCN1.Cl. The van der Waals surface area contributed by atoms with Gasteiger partial charge in [-0.3, -0.25) is 9.89 Å². The van der Waals surface area contributed by atoms with E-state index in [0.29, 0.717) is 47.1 Å². The van der Waals surface area contributed by atoms with Crippen LogP contribution in [-0.2, 0) is 0 Å². The summed E-state index contributed by atoms with van der Waals surface area (Å²) in [6.45, 7) is 4.02. The van der Waals surface area contributed by atoms with Crippen LogP contribution < -0.4 is 10.6 Å². The molecule has 2 aromatic heterocycles. The highest BCUT2D eigenvalue weighted by molar-refractivity contribution is 5.97. The number of nitriles is 1. The van der Waals surface area contributed by atoms with Gasteiger partial charge in [-0.1, -0.05) is 0 Å². The Balaban J connectivity index is 0.00000231. The third-order valence-electron chi connectivity index (χ3n) is 5.53. The molecular weight excluding hydrogens is 416 g/mol. The number of H-pyrrole nitrogens is 1. The first-order valence-electron chi connectivity index (χ1n) is 10.2. The van der Waals surface area contributed by atoms with Crippen LogP contribution in [0.2, 0.25) is 0 Å². The van der Waals surface area contributed by atoms with E-state index in [2.05, 4.69) is 36.9 Å². The van der Waals surface area contributed by atoms with E-state index in [4.69, 9.17) is 0 Å².